The topological polar surface area (TPSA) is 94.6 Å². The van der Waals surface area contributed by atoms with Gasteiger partial charge in [0, 0.05) is 45.0 Å². The standard InChI is InChI=1S/C25H30N4O5/c30-21-4-2-20(3-5-21)26-25(32)19-7-8-28(15-19)16-24(31)29-11-9-27(10-12-29)14-18-1-6-22-23(13-18)34-17-33-22/h1-6,13,19,30H,7-12,14-17H2,(H,26,32). The van der Waals surface area contributed by atoms with Gasteiger partial charge >= 0.3 is 0 Å². The Morgan fingerprint density at radius 1 is 0.941 bits per heavy atom. The largest absolute Gasteiger partial charge is 0.508 e. The van der Waals surface area contributed by atoms with E-state index in [1.54, 1.807) is 24.3 Å². The van der Waals surface area contributed by atoms with Crippen LogP contribution in [0, 0.1) is 5.92 Å². The summed E-state index contributed by atoms with van der Waals surface area (Å²) in [6.45, 7) is 5.86. The number of benzene rings is 2. The highest BCUT2D eigenvalue weighted by Crippen LogP contribution is 2.33. The molecule has 0 radical (unpaired) electrons. The maximum Gasteiger partial charge on any atom is 0.236 e. The summed E-state index contributed by atoms with van der Waals surface area (Å²) in [6, 6.07) is 12.5. The van der Waals surface area contributed by atoms with Gasteiger partial charge in [0.1, 0.15) is 5.75 Å². The molecule has 3 aliphatic heterocycles. The highest BCUT2D eigenvalue weighted by Gasteiger charge is 2.31. The fourth-order valence-electron chi connectivity index (χ4n) is 4.72. The Morgan fingerprint density at radius 2 is 1.71 bits per heavy atom. The van der Waals surface area contributed by atoms with Crippen LogP contribution in [0.3, 0.4) is 0 Å². The van der Waals surface area contributed by atoms with Crippen molar-refractivity contribution in [3.63, 3.8) is 0 Å². The molecular formula is C25H30N4O5. The fraction of sp³-hybridized carbons (Fsp3) is 0.440. The average Bonchev–Trinajstić information content (AvgIpc) is 3.50. The Hall–Kier alpha value is -3.30. The van der Waals surface area contributed by atoms with Gasteiger partial charge in [0.05, 0.1) is 12.5 Å². The van der Waals surface area contributed by atoms with Gasteiger partial charge in [-0.25, -0.2) is 0 Å². The molecule has 0 saturated carbocycles. The number of amides is 2. The van der Waals surface area contributed by atoms with E-state index in [-0.39, 0.29) is 30.3 Å². The molecule has 3 aliphatic rings. The molecule has 9 heteroatoms. The van der Waals surface area contributed by atoms with Crippen LogP contribution >= 0.6 is 0 Å². The van der Waals surface area contributed by atoms with E-state index in [0.717, 1.165) is 44.1 Å². The highest BCUT2D eigenvalue weighted by atomic mass is 16.7. The number of fused-ring (bicyclic) bond motifs is 1. The average molecular weight is 467 g/mol. The molecule has 5 rings (SSSR count). The number of phenolic OH excluding ortho intramolecular Hbond substituents is 1. The molecular weight excluding hydrogens is 436 g/mol. The van der Waals surface area contributed by atoms with Gasteiger partial charge in [0.15, 0.2) is 11.5 Å². The maximum absolute atomic E-state index is 12.9. The normalized spacial score (nSPS) is 20.5. The smallest absolute Gasteiger partial charge is 0.236 e. The lowest BCUT2D eigenvalue weighted by molar-refractivity contribution is -0.134. The van der Waals surface area contributed by atoms with Crippen LogP contribution in [0.1, 0.15) is 12.0 Å². The van der Waals surface area contributed by atoms with Gasteiger partial charge in [-0.3, -0.25) is 19.4 Å². The number of piperazine rings is 1. The van der Waals surface area contributed by atoms with Crippen molar-refractivity contribution in [2.75, 3.05) is 57.9 Å². The summed E-state index contributed by atoms with van der Waals surface area (Å²) in [4.78, 5) is 31.8. The van der Waals surface area contributed by atoms with Crippen LogP contribution in [-0.2, 0) is 16.1 Å². The summed E-state index contributed by atoms with van der Waals surface area (Å²) in [5.41, 5.74) is 1.84. The molecule has 0 aliphatic carbocycles. The van der Waals surface area contributed by atoms with Crippen LogP contribution < -0.4 is 14.8 Å². The van der Waals surface area contributed by atoms with Crippen molar-refractivity contribution in [1.29, 1.82) is 0 Å². The zero-order valence-corrected chi connectivity index (χ0v) is 19.1. The van der Waals surface area contributed by atoms with E-state index >= 15 is 0 Å². The third kappa shape index (κ3) is 5.26. The Labute approximate surface area is 198 Å². The second kappa shape index (κ2) is 9.90. The van der Waals surface area contributed by atoms with Crippen molar-refractivity contribution in [3.05, 3.63) is 48.0 Å². The van der Waals surface area contributed by atoms with Crippen molar-refractivity contribution in [3.8, 4) is 17.2 Å². The molecule has 9 nitrogen and oxygen atoms in total. The first-order chi connectivity index (χ1) is 16.5. The Balaban J connectivity index is 1.04. The first-order valence-electron chi connectivity index (χ1n) is 11.7. The molecule has 0 aromatic heterocycles. The Bertz CT molecular complexity index is 1040. The number of nitrogens with zero attached hydrogens (tertiary/aromatic N) is 3. The number of carbonyl (C=O) groups excluding carboxylic acids is 2. The first kappa shape index (κ1) is 22.5. The molecule has 0 spiro atoms. The number of hydrogen-bond acceptors (Lipinski definition) is 7. The quantitative estimate of drug-likeness (QED) is 0.626. The van der Waals surface area contributed by atoms with E-state index in [1.807, 2.05) is 17.0 Å². The number of carbonyl (C=O) groups is 2. The lowest BCUT2D eigenvalue weighted by Gasteiger charge is -2.35. The summed E-state index contributed by atoms with van der Waals surface area (Å²) in [5, 5.41) is 12.3. The van der Waals surface area contributed by atoms with Crippen LogP contribution in [0.15, 0.2) is 42.5 Å². The number of nitrogens with one attached hydrogen (secondary N) is 1. The van der Waals surface area contributed by atoms with Crippen LogP contribution in [-0.4, -0.2) is 84.2 Å². The van der Waals surface area contributed by atoms with Crippen molar-refractivity contribution >= 4 is 17.5 Å². The Kier molecular flexibility index (Phi) is 6.55. The number of likely N-dealkylation sites (tertiary alicyclic amines) is 1. The molecule has 2 saturated heterocycles. The number of anilines is 1. The highest BCUT2D eigenvalue weighted by molar-refractivity contribution is 5.93. The minimum absolute atomic E-state index is 0.0437. The van der Waals surface area contributed by atoms with Gasteiger partial charge in [-0.05, 0) is 54.9 Å². The fourth-order valence-corrected chi connectivity index (χ4v) is 4.72. The van der Waals surface area contributed by atoms with E-state index in [0.29, 0.717) is 31.9 Å². The van der Waals surface area contributed by atoms with E-state index in [4.69, 9.17) is 9.47 Å². The predicted molar refractivity (Wildman–Crippen MR) is 126 cm³/mol. The summed E-state index contributed by atoms with van der Waals surface area (Å²) in [6.07, 6.45) is 0.737. The number of phenols is 1. The van der Waals surface area contributed by atoms with E-state index in [1.165, 1.54) is 5.56 Å². The van der Waals surface area contributed by atoms with Gasteiger partial charge in [-0.15, -0.1) is 0 Å². The monoisotopic (exact) mass is 466 g/mol. The van der Waals surface area contributed by atoms with Crippen molar-refractivity contribution < 1.29 is 24.2 Å². The molecule has 2 N–H and O–H groups in total. The zero-order chi connectivity index (χ0) is 23.5. The van der Waals surface area contributed by atoms with Crippen molar-refractivity contribution in [2.24, 2.45) is 5.92 Å². The minimum Gasteiger partial charge on any atom is -0.508 e. The molecule has 2 aromatic carbocycles. The van der Waals surface area contributed by atoms with Crippen LogP contribution in [0.2, 0.25) is 0 Å². The maximum atomic E-state index is 12.9. The second-order valence-corrected chi connectivity index (χ2v) is 9.10. The Morgan fingerprint density at radius 3 is 2.50 bits per heavy atom. The predicted octanol–water partition coefficient (Wildman–Crippen LogP) is 1.73. The van der Waals surface area contributed by atoms with Gasteiger partial charge in [-0.2, -0.15) is 0 Å². The van der Waals surface area contributed by atoms with Crippen molar-refractivity contribution in [1.82, 2.24) is 14.7 Å². The molecule has 180 valence electrons. The summed E-state index contributed by atoms with van der Waals surface area (Å²) < 4.78 is 10.8. The summed E-state index contributed by atoms with van der Waals surface area (Å²) >= 11 is 0. The lowest BCUT2D eigenvalue weighted by atomic mass is 10.1. The number of ether oxygens (including phenoxy) is 2. The van der Waals surface area contributed by atoms with Gasteiger partial charge < -0.3 is 24.8 Å². The van der Waals surface area contributed by atoms with Gasteiger partial charge in [0.2, 0.25) is 18.6 Å². The molecule has 1 atom stereocenters. The zero-order valence-electron chi connectivity index (χ0n) is 19.1. The van der Waals surface area contributed by atoms with Gasteiger partial charge in [0.25, 0.3) is 0 Å². The minimum atomic E-state index is -0.139. The van der Waals surface area contributed by atoms with E-state index in [9.17, 15) is 14.7 Å². The SMILES string of the molecule is O=C(Nc1ccc(O)cc1)C1CCN(CC(=O)N2CCN(Cc3ccc4c(c3)OCO4)CC2)C1. The molecule has 2 aromatic rings. The number of hydrogen-bond donors (Lipinski definition) is 2. The van der Waals surface area contributed by atoms with Crippen molar-refractivity contribution in [2.45, 2.75) is 13.0 Å². The summed E-state index contributed by atoms with van der Waals surface area (Å²) in [5.74, 6) is 1.70. The third-order valence-corrected chi connectivity index (χ3v) is 6.71. The van der Waals surface area contributed by atoms with Crippen LogP contribution in [0.25, 0.3) is 0 Å². The lowest BCUT2D eigenvalue weighted by Crippen LogP contribution is -2.50. The second-order valence-electron chi connectivity index (χ2n) is 9.10. The first-order valence-corrected chi connectivity index (χ1v) is 11.7. The molecule has 0 bridgehead atoms. The molecule has 2 amide bonds. The number of aromatic hydroxyl groups is 1. The molecule has 2 fully saturated rings. The van der Waals surface area contributed by atoms with Gasteiger partial charge in [-0.1, -0.05) is 6.07 Å². The number of rotatable bonds is 6. The third-order valence-electron chi connectivity index (χ3n) is 6.71. The molecule has 3 heterocycles. The summed E-state index contributed by atoms with van der Waals surface area (Å²) in [7, 11) is 0. The van der Waals surface area contributed by atoms with Crippen LogP contribution in [0.4, 0.5) is 5.69 Å². The molecule has 34 heavy (non-hydrogen) atoms. The van der Waals surface area contributed by atoms with E-state index in [2.05, 4.69) is 21.2 Å². The van der Waals surface area contributed by atoms with Crippen LogP contribution in [0.5, 0.6) is 17.2 Å². The molecule has 1 unspecified atom stereocenters. The van der Waals surface area contributed by atoms with E-state index < -0.39 is 0 Å².